The van der Waals surface area contributed by atoms with E-state index in [4.69, 9.17) is 9.15 Å². The molecule has 1 aromatic carbocycles. The summed E-state index contributed by atoms with van der Waals surface area (Å²) in [5, 5.41) is 3.38. The average Bonchev–Trinajstić information content (AvgIpc) is 3.37. The molecule has 1 atom stereocenters. The molecule has 2 saturated heterocycles. The van der Waals surface area contributed by atoms with Gasteiger partial charge in [-0.15, -0.1) is 0 Å². The summed E-state index contributed by atoms with van der Waals surface area (Å²) in [5.74, 6) is 1.16. The van der Waals surface area contributed by atoms with Gasteiger partial charge in [0.2, 0.25) is 0 Å². The molecule has 3 heterocycles. The molecule has 1 N–H and O–H groups in total. The third-order valence-electron chi connectivity index (χ3n) is 5.20. The van der Waals surface area contributed by atoms with E-state index in [9.17, 15) is 4.79 Å². The molecule has 1 aromatic heterocycles. The fourth-order valence-corrected chi connectivity index (χ4v) is 3.73. The van der Waals surface area contributed by atoms with Crippen LogP contribution in [0.1, 0.15) is 22.5 Å². The molecule has 26 heavy (non-hydrogen) atoms. The number of carbonyl (C=O) groups excluding carboxylic acids is 1. The van der Waals surface area contributed by atoms with Crippen LogP contribution in [0.4, 0.5) is 0 Å². The van der Waals surface area contributed by atoms with Crippen LogP contribution in [0.5, 0.6) is 5.75 Å². The van der Waals surface area contributed by atoms with Crippen LogP contribution in [0.2, 0.25) is 0 Å². The maximum absolute atomic E-state index is 12.9. The van der Waals surface area contributed by atoms with E-state index < -0.39 is 0 Å². The van der Waals surface area contributed by atoms with Crippen molar-refractivity contribution in [3.8, 4) is 5.75 Å². The number of rotatable bonds is 5. The van der Waals surface area contributed by atoms with Crippen LogP contribution >= 0.6 is 0 Å². The fraction of sp³-hybridized carbons (Fsp3) is 0.450. The number of furan rings is 1. The molecule has 2 aromatic rings. The maximum Gasteiger partial charge on any atom is 0.290 e. The average molecular weight is 355 g/mol. The highest BCUT2D eigenvalue weighted by Crippen LogP contribution is 2.22. The van der Waals surface area contributed by atoms with Crippen LogP contribution < -0.4 is 10.1 Å². The minimum atomic E-state index is -0.0284. The SMILES string of the molecule is O=C(c1occc1COc1ccccc1)N1CCC(N2CCNCC2)C1. The lowest BCUT2D eigenvalue weighted by molar-refractivity contribution is 0.0738. The van der Waals surface area contributed by atoms with Crippen LogP contribution in [-0.2, 0) is 6.61 Å². The van der Waals surface area contributed by atoms with Crippen molar-refractivity contribution in [1.82, 2.24) is 15.1 Å². The molecule has 0 bridgehead atoms. The summed E-state index contributed by atoms with van der Waals surface area (Å²) in [7, 11) is 0. The molecule has 6 heteroatoms. The molecule has 2 fully saturated rings. The van der Waals surface area contributed by atoms with E-state index in [-0.39, 0.29) is 5.91 Å². The number of piperazine rings is 1. The molecular formula is C20H25N3O3. The van der Waals surface area contributed by atoms with Gasteiger partial charge in [-0.2, -0.15) is 0 Å². The van der Waals surface area contributed by atoms with Crippen molar-refractivity contribution in [2.24, 2.45) is 0 Å². The van der Waals surface area contributed by atoms with E-state index >= 15 is 0 Å². The van der Waals surface area contributed by atoms with Crippen molar-refractivity contribution in [2.75, 3.05) is 39.3 Å². The number of carbonyl (C=O) groups is 1. The third-order valence-corrected chi connectivity index (χ3v) is 5.20. The van der Waals surface area contributed by atoms with Crippen LogP contribution in [0, 0.1) is 0 Å². The molecular weight excluding hydrogens is 330 g/mol. The lowest BCUT2D eigenvalue weighted by Crippen LogP contribution is -2.49. The lowest BCUT2D eigenvalue weighted by Gasteiger charge is -2.32. The van der Waals surface area contributed by atoms with Crippen LogP contribution in [0.3, 0.4) is 0 Å². The molecule has 0 saturated carbocycles. The minimum absolute atomic E-state index is 0.0284. The number of nitrogens with one attached hydrogen (secondary N) is 1. The van der Waals surface area contributed by atoms with Crippen molar-refractivity contribution < 1.29 is 13.9 Å². The zero-order chi connectivity index (χ0) is 17.8. The normalized spacial score (nSPS) is 21.1. The van der Waals surface area contributed by atoms with Crippen molar-refractivity contribution in [1.29, 1.82) is 0 Å². The van der Waals surface area contributed by atoms with Crippen LogP contribution in [0.25, 0.3) is 0 Å². The van der Waals surface area contributed by atoms with Crippen molar-refractivity contribution in [2.45, 2.75) is 19.1 Å². The zero-order valence-electron chi connectivity index (χ0n) is 14.9. The Morgan fingerprint density at radius 3 is 2.77 bits per heavy atom. The molecule has 0 spiro atoms. The fourth-order valence-electron chi connectivity index (χ4n) is 3.73. The predicted molar refractivity (Wildman–Crippen MR) is 98.2 cm³/mol. The number of para-hydroxylation sites is 1. The minimum Gasteiger partial charge on any atom is -0.489 e. The number of likely N-dealkylation sites (tertiary alicyclic amines) is 1. The number of benzene rings is 1. The van der Waals surface area contributed by atoms with Gasteiger partial charge in [0.1, 0.15) is 12.4 Å². The summed E-state index contributed by atoms with van der Waals surface area (Å²) in [5.41, 5.74) is 0.796. The largest absolute Gasteiger partial charge is 0.489 e. The van der Waals surface area contributed by atoms with E-state index in [0.29, 0.717) is 18.4 Å². The second-order valence-electron chi connectivity index (χ2n) is 6.86. The van der Waals surface area contributed by atoms with E-state index in [1.807, 2.05) is 41.3 Å². The summed E-state index contributed by atoms with van der Waals surface area (Å²) < 4.78 is 11.3. The van der Waals surface area contributed by atoms with Gasteiger partial charge in [-0.05, 0) is 24.6 Å². The van der Waals surface area contributed by atoms with Crippen LogP contribution in [0.15, 0.2) is 47.1 Å². The molecule has 138 valence electrons. The first-order valence-electron chi connectivity index (χ1n) is 9.29. The number of hydrogen-bond acceptors (Lipinski definition) is 5. The summed E-state index contributed by atoms with van der Waals surface area (Å²) in [6, 6.07) is 11.9. The standard InChI is InChI=1S/C20H25N3O3/c24-20(23-10-6-17(14-23)22-11-8-21-9-12-22)19-16(7-13-25-19)15-26-18-4-2-1-3-5-18/h1-5,7,13,17,21H,6,8-12,14-15H2. The van der Waals surface area contributed by atoms with Gasteiger partial charge in [-0.3, -0.25) is 9.69 Å². The molecule has 2 aliphatic heterocycles. The second kappa shape index (κ2) is 7.93. The van der Waals surface area contributed by atoms with Gasteiger partial charge < -0.3 is 19.4 Å². The molecule has 0 radical (unpaired) electrons. The van der Waals surface area contributed by atoms with E-state index in [0.717, 1.165) is 57.0 Å². The van der Waals surface area contributed by atoms with Gasteiger partial charge in [-0.1, -0.05) is 18.2 Å². The molecule has 0 aliphatic carbocycles. The Kier molecular flexibility index (Phi) is 5.22. The van der Waals surface area contributed by atoms with Crippen molar-refractivity contribution in [3.05, 3.63) is 54.0 Å². The van der Waals surface area contributed by atoms with Gasteiger partial charge >= 0.3 is 0 Å². The Bertz CT molecular complexity index is 725. The molecule has 1 unspecified atom stereocenters. The quantitative estimate of drug-likeness (QED) is 0.889. The van der Waals surface area contributed by atoms with Crippen LogP contribution in [-0.4, -0.2) is 61.0 Å². The van der Waals surface area contributed by atoms with Crippen molar-refractivity contribution in [3.63, 3.8) is 0 Å². The molecule has 4 rings (SSSR count). The summed E-state index contributed by atoms with van der Waals surface area (Å²) >= 11 is 0. The van der Waals surface area contributed by atoms with E-state index in [1.54, 1.807) is 6.26 Å². The Morgan fingerprint density at radius 1 is 1.15 bits per heavy atom. The Labute approximate surface area is 153 Å². The number of hydrogen-bond donors (Lipinski definition) is 1. The predicted octanol–water partition coefficient (Wildman–Crippen LogP) is 1.98. The molecule has 2 aliphatic rings. The highest BCUT2D eigenvalue weighted by Gasteiger charge is 2.33. The Morgan fingerprint density at radius 2 is 1.96 bits per heavy atom. The highest BCUT2D eigenvalue weighted by atomic mass is 16.5. The first-order chi connectivity index (χ1) is 12.8. The highest BCUT2D eigenvalue weighted by molar-refractivity contribution is 5.93. The number of ether oxygens (including phenoxy) is 1. The van der Waals surface area contributed by atoms with E-state index in [1.165, 1.54) is 0 Å². The molecule has 6 nitrogen and oxygen atoms in total. The second-order valence-corrected chi connectivity index (χ2v) is 6.86. The maximum atomic E-state index is 12.9. The first kappa shape index (κ1) is 17.1. The summed E-state index contributed by atoms with van der Waals surface area (Å²) in [6.45, 7) is 6.07. The van der Waals surface area contributed by atoms with E-state index in [2.05, 4.69) is 10.2 Å². The van der Waals surface area contributed by atoms with Gasteiger partial charge in [0.25, 0.3) is 5.91 Å². The smallest absolute Gasteiger partial charge is 0.290 e. The topological polar surface area (TPSA) is 58.0 Å². The summed E-state index contributed by atoms with van der Waals surface area (Å²) in [4.78, 5) is 17.3. The molecule has 1 amide bonds. The lowest BCUT2D eigenvalue weighted by atomic mass is 10.2. The Hall–Kier alpha value is -2.31. The van der Waals surface area contributed by atoms with Crippen molar-refractivity contribution >= 4 is 5.91 Å². The van der Waals surface area contributed by atoms with Gasteiger partial charge in [0, 0.05) is 50.9 Å². The van der Waals surface area contributed by atoms with Gasteiger partial charge in [0.15, 0.2) is 5.76 Å². The number of amides is 1. The first-order valence-corrected chi connectivity index (χ1v) is 9.29. The monoisotopic (exact) mass is 355 g/mol. The number of nitrogens with zero attached hydrogens (tertiary/aromatic N) is 2. The third kappa shape index (κ3) is 3.76. The van der Waals surface area contributed by atoms with Gasteiger partial charge in [-0.25, -0.2) is 0 Å². The summed E-state index contributed by atoms with van der Waals surface area (Å²) in [6.07, 6.45) is 2.60. The zero-order valence-corrected chi connectivity index (χ0v) is 14.9. The van der Waals surface area contributed by atoms with Gasteiger partial charge in [0.05, 0.1) is 6.26 Å². The Balaban J connectivity index is 1.37.